The van der Waals surface area contributed by atoms with Crippen LogP contribution in [0.5, 0.6) is 0 Å². The van der Waals surface area contributed by atoms with E-state index < -0.39 is 0 Å². The van der Waals surface area contributed by atoms with Crippen molar-refractivity contribution < 1.29 is 0 Å². The molecule has 0 spiro atoms. The molecule has 2 aromatic rings. The summed E-state index contributed by atoms with van der Waals surface area (Å²) in [5.74, 6) is 0. The lowest BCUT2D eigenvalue weighted by molar-refractivity contribution is 0.640. The molecule has 2 rings (SSSR count). The second-order valence-electron chi connectivity index (χ2n) is 6.25. The Morgan fingerprint density at radius 1 is 0.857 bits per heavy atom. The molecule has 2 aromatic carbocycles. The Morgan fingerprint density at radius 2 is 1.38 bits per heavy atom. The summed E-state index contributed by atoms with van der Waals surface area (Å²) in [7, 11) is 0. The van der Waals surface area contributed by atoms with E-state index in [2.05, 4.69) is 81.6 Å². The van der Waals surface area contributed by atoms with Crippen LogP contribution in [-0.2, 0) is 11.8 Å². The Bertz CT molecular complexity index is 627. The van der Waals surface area contributed by atoms with Gasteiger partial charge in [0.15, 0.2) is 0 Å². The van der Waals surface area contributed by atoms with Crippen molar-refractivity contribution in [1.82, 2.24) is 0 Å². The number of hydrogen-bond donors (Lipinski definition) is 0. The molecule has 0 amide bonds. The van der Waals surface area contributed by atoms with Gasteiger partial charge in [-0.1, -0.05) is 87.2 Å². The van der Waals surface area contributed by atoms with E-state index in [0.717, 1.165) is 17.6 Å². The Balaban J connectivity index is 2.22. The largest absolute Gasteiger partial charge is 0.0958 e. The van der Waals surface area contributed by atoms with Crippen molar-refractivity contribution in [2.45, 2.75) is 32.6 Å². The summed E-state index contributed by atoms with van der Waals surface area (Å²) in [6.07, 6.45) is 0.876. The zero-order valence-corrected chi connectivity index (χ0v) is 13.3. The highest BCUT2D eigenvalue weighted by Crippen LogP contribution is 2.31. The van der Waals surface area contributed by atoms with Crippen LogP contribution >= 0.6 is 0 Å². The van der Waals surface area contributed by atoms with Gasteiger partial charge < -0.3 is 0 Å². The van der Waals surface area contributed by atoms with Crippen LogP contribution in [0.1, 0.15) is 37.5 Å². The highest BCUT2D eigenvalue weighted by molar-refractivity contribution is 5.40. The van der Waals surface area contributed by atoms with Crippen molar-refractivity contribution in [1.29, 1.82) is 0 Å². The topological polar surface area (TPSA) is 0 Å². The maximum atomic E-state index is 4.07. The van der Waals surface area contributed by atoms with Crippen molar-refractivity contribution in [2.24, 2.45) is 0 Å². The van der Waals surface area contributed by atoms with Gasteiger partial charge in [0.05, 0.1) is 0 Å². The van der Waals surface area contributed by atoms with Gasteiger partial charge in [0.25, 0.3) is 0 Å². The van der Waals surface area contributed by atoms with Crippen LogP contribution in [0.4, 0.5) is 0 Å². The van der Waals surface area contributed by atoms with E-state index in [1.807, 2.05) is 6.92 Å². The molecule has 0 atom stereocenters. The molecule has 0 saturated heterocycles. The zero-order chi connectivity index (χ0) is 15.5. The number of allylic oxidation sites excluding steroid dienone is 2. The molecule has 0 N–H and O–H groups in total. The van der Waals surface area contributed by atoms with E-state index in [1.165, 1.54) is 16.7 Å². The molecular weight excluding hydrogens is 252 g/mol. The van der Waals surface area contributed by atoms with Crippen molar-refractivity contribution in [2.75, 3.05) is 0 Å². The van der Waals surface area contributed by atoms with Gasteiger partial charge in [0, 0.05) is 5.41 Å². The van der Waals surface area contributed by atoms with Crippen molar-refractivity contribution in [3.63, 3.8) is 0 Å². The van der Waals surface area contributed by atoms with Crippen molar-refractivity contribution >= 4 is 0 Å². The quantitative estimate of drug-likeness (QED) is 0.616. The first kappa shape index (κ1) is 15.3. The number of benzene rings is 2. The molecule has 21 heavy (non-hydrogen) atoms. The average Bonchev–Trinajstić information content (AvgIpc) is 2.48. The third kappa shape index (κ3) is 3.52. The fourth-order valence-corrected chi connectivity index (χ4v) is 2.46. The molecular formula is C21H24. The SMILES string of the molecule is C=C(C)C(=C)Cc1ccc(C(C)(C)c2ccccc2)cc1. The van der Waals surface area contributed by atoms with Crippen LogP contribution in [0.15, 0.2) is 78.9 Å². The molecule has 0 saturated carbocycles. The molecule has 0 aliphatic heterocycles. The molecule has 0 aliphatic rings. The van der Waals surface area contributed by atoms with Gasteiger partial charge in [0.2, 0.25) is 0 Å². The van der Waals surface area contributed by atoms with Gasteiger partial charge in [0.1, 0.15) is 0 Å². The Kier molecular flexibility index (Phi) is 4.47. The average molecular weight is 276 g/mol. The lowest BCUT2D eigenvalue weighted by atomic mass is 9.78. The van der Waals surface area contributed by atoms with Gasteiger partial charge >= 0.3 is 0 Å². The second kappa shape index (κ2) is 6.13. The third-order valence-electron chi connectivity index (χ3n) is 4.19. The first-order valence-electron chi connectivity index (χ1n) is 7.40. The summed E-state index contributed by atoms with van der Waals surface area (Å²) in [6, 6.07) is 19.5. The minimum Gasteiger partial charge on any atom is -0.0958 e. The van der Waals surface area contributed by atoms with Crippen LogP contribution in [-0.4, -0.2) is 0 Å². The maximum Gasteiger partial charge on any atom is 0.0146 e. The van der Waals surface area contributed by atoms with Crippen LogP contribution in [0.25, 0.3) is 0 Å². The van der Waals surface area contributed by atoms with E-state index in [9.17, 15) is 0 Å². The summed E-state index contributed by atoms with van der Waals surface area (Å²) in [5, 5.41) is 0. The molecule has 0 aromatic heterocycles. The third-order valence-corrected chi connectivity index (χ3v) is 4.19. The van der Waals surface area contributed by atoms with Gasteiger partial charge in [-0.15, -0.1) is 0 Å². The van der Waals surface area contributed by atoms with Gasteiger partial charge in [-0.25, -0.2) is 0 Å². The highest BCUT2D eigenvalue weighted by Gasteiger charge is 2.22. The maximum absolute atomic E-state index is 4.07. The molecule has 0 heteroatoms. The molecule has 0 aliphatic carbocycles. The minimum atomic E-state index is 0.0190. The Hall–Kier alpha value is -2.08. The summed E-state index contributed by atoms with van der Waals surface area (Å²) in [6.45, 7) is 14.6. The Morgan fingerprint density at radius 3 is 1.90 bits per heavy atom. The predicted octanol–water partition coefficient (Wildman–Crippen LogP) is 5.69. The fourth-order valence-electron chi connectivity index (χ4n) is 2.46. The minimum absolute atomic E-state index is 0.0190. The molecule has 0 heterocycles. The molecule has 0 unspecified atom stereocenters. The number of rotatable bonds is 5. The normalized spacial score (nSPS) is 11.2. The standard InChI is InChI=1S/C21H24/c1-16(2)17(3)15-18-11-13-20(14-12-18)21(4,5)19-9-7-6-8-10-19/h6-14H,1,3,15H2,2,4-5H3. The fraction of sp³-hybridized carbons (Fsp3) is 0.238. The van der Waals surface area contributed by atoms with Gasteiger partial charge in [-0.05, 0) is 35.6 Å². The molecule has 0 nitrogen and oxygen atoms in total. The van der Waals surface area contributed by atoms with Crippen LogP contribution in [0.2, 0.25) is 0 Å². The summed E-state index contributed by atoms with van der Waals surface area (Å²) in [4.78, 5) is 0. The van der Waals surface area contributed by atoms with Crippen molar-refractivity contribution in [3.8, 4) is 0 Å². The number of hydrogen-bond acceptors (Lipinski definition) is 0. The van der Waals surface area contributed by atoms with Crippen LogP contribution in [0, 0.1) is 0 Å². The highest BCUT2D eigenvalue weighted by atomic mass is 14.3. The van der Waals surface area contributed by atoms with E-state index in [4.69, 9.17) is 0 Å². The van der Waals surface area contributed by atoms with E-state index in [-0.39, 0.29) is 5.41 Å². The smallest absolute Gasteiger partial charge is 0.0146 e. The first-order valence-corrected chi connectivity index (χ1v) is 7.40. The summed E-state index contributed by atoms with van der Waals surface area (Å²) >= 11 is 0. The molecule has 0 bridgehead atoms. The predicted molar refractivity (Wildman–Crippen MR) is 92.7 cm³/mol. The molecule has 108 valence electrons. The lowest BCUT2D eigenvalue weighted by Gasteiger charge is -2.26. The van der Waals surface area contributed by atoms with Gasteiger partial charge in [-0.3, -0.25) is 0 Å². The van der Waals surface area contributed by atoms with E-state index in [1.54, 1.807) is 0 Å². The zero-order valence-electron chi connectivity index (χ0n) is 13.3. The van der Waals surface area contributed by atoms with Crippen LogP contribution in [0.3, 0.4) is 0 Å². The molecule has 0 radical (unpaired) electrons. The first-order chi connectivity index (χ1) is 9.91. The van der Waals surface area contributed by atoms with Crippen LogP contribution < -0.4 is 0 Å². The monoisotopic (exact) mass is 276 g/mol. The second-order valence-corrected chi connectivity index (χ2v) is 6.25. The van der Waals surface area contributed by atoms with E-state index >= 15 is 0 Å². The summed E-state index contributed by atoms with van der Waals surface area (Å²) < 4.78 is 0. The van der Waals surface area contributed by atoms with Crippen molar-refractivity contribution in [3.05, 3.63) is 95.6 Å². The lowest BCUT2D eigenvalue weighted by Crippen LogP contribution is -2.18. The summed E-state index contributed by atoms with van der Waals surface area (Å²) in [5.41, 5.74) is 6.14. The van der Waals surface area contributed by atoms with E-state index in [0.29, 0.717) is 0 Å². The molecule has 0 fully saturated rings. The Labute approximate surface area is 128 Å². The van der Waals surface area contributed by atoms with Gasteiger partial charge in [-0.2, -0.15) is 0 Å².